The predicted molar refractivity (Wildman–Crippen MR) is 107 cm³/mol. The van der Waals surface area contributed by atoms with Crippen LogP contribution in [-0.2, 0) is 43.4 Å². The summed E-state index contributed by atoms with van der Waals surface area (Å²) in [5.41, 5.74) is 4.12. The third kappa shape index (κ3) is 4.17. The van der Waals surface area contributed by atoms with Gasteiger partial charge in [0, 0.05) is 23.5 Å². The van der Waals surface area contributed by atoms with Gasteiger partial charge in [0.25, 0.3) is 5.91 Å². The Kier molecular flexibility index (Phi) is 5.38. The molecule has 0 radical (unpaired) electrons. The van der Waals surface area contributed by atoms with E-state index in [9.17, 15) is 18.0 Å². The average Bonchev–Trinajstić information content (AvgIpc) is 3.38. The van der Waals surface area contributed by atoms with Crippen LogP contribution in [0.2, 0.25) is 0 Å². The number of nitrogens with zero attached hydrogens (tertiary/aromatic N) is 1. The molecule has 1 aromatic carbocycles. The molecule has 29 heavy (non-hydrogen) atoms. The van der Waals surface area contributed by atoms with Gasteiger partial charge in [-0.15, -0.1) is 0 Å². The van der Waals surface area contributed by atoms with Crippen LogP contribution in [0.15, 0.2) is 22.8 Å². The van der Waals surface area contributed by atoms with Crippen LogP contribution in [0.4, 0.5) is 0 Å². The van der Waals surface area contributed by atoms with Gasteiger partial charge in [-0.3, -0.25) is 9.59 Å². The molecule has 4 rings (SSSR count). The van der Waals surface area contributed by atoms with Gasteiger partial charge in [-0.05, 0) is 55.9 Å². The fourth-order valence-corrected chi connectivity index (χ4v) is 6.11. The van der Waals surface area contributed by atoms with E-state index < -0.39 is 15.8 Å². The lowest BCUT2D eigenvalue weighted by Crippen LogP contribution is -2.43. The number of rotatable bonds is 6. The highest BCUT2D eigenvalue weighted by Crippen LogP contribution is 2.30. The number of ether oxygens (including phenoxy) is 1. The monoisotopic (exact) mass is 419 g/mol. The van der Waals surface area contributed by atoms with Crippen molar-refractivity contribution in [3.05, 3.63) is 35.1 Å². The molecule has 7 nitrogen and oxygen atoms in total. The van der Waals surface area contributed by atoms with Crippen molar-refractivity contribution in [2.45, 2.75) is 45.1 Å². The Morgan fingerprint density at radius 1 is 1.24 bits per heavy atom. The number of hydrogen-bond donors (Lipinski definition) is 0. The van der Waals surface area contributed by atoms with Crippen LogP contribution in [0, 0.1) is 0 Å². The van der Waals surface area contributed by atoms with Gasteiger partial charge in [0.1, 0.15) is 5.58 Å². The SMILES string of the molecule is CCN(C(=O)COC(=O)Cc1coc2cc3c(cc12)CCC3)[C@H]1CCS(=O)(=O)C1. The van der Waals surface area contributed by atoms with Crippen LogP contribution in [0.5, 0.6) is 0 Å². The zero-order valence-corrected chi connectivity index (χ0v) is 17.3. The average molecular weight is 419 g/mol. The van der Waals surface area contributed by atoms with Crippen molar-refractivity contribution in [3.63, 3.8) is 0 Å². The van der Waals surface area contributed by atoms with E-state index >= 15 is 0 Å². The maximum absolute atomic E-state index is 12.5. The summed E-state index contributed by atoms with van der Waals surface area (Å²) in [5.74, 6) is -0.792. The maximum atomic E-state index is 12.5. The van der Waals surface area contributed by atoms with Crippen molar-refractivity contribution in [1.29, 1.82) is 0 Å². The van der Waals surface area contributed by atoms with Gasteiger partial charge < -0.3 is 14.1 Å². The molecule has 1 aliphatic carbocycles. The van der Waals surface area contributed by atoms with Crippen LogP contribution in [0.3, 0.4) is 0 Å². The Morgan fingerprint density at radius 2 is 2.00 bits per heavy atom. The molecule has 156 valence electrons. The first-order valence-electron chi connectivity index (χ1n) is 10.0. The Morgan fingerprint density at radius 3 is 2.69 bits per heavy atom. The number of hydrogen-bond acceptors (Lipinski definition) is 6. The molecule has 0 N–H and O–H groups in total. The van der Waals surface area contributed by atoms with E-state index in [1.807, 2.05) is 6.07 Å². The minimum absolute atomic E-state index is 0.0220. The molecule has 2 aromatic rings. The largest absolute Gasteiger partial charge is 0.464 e. The maximum Gasteiger partial charge on any atom is 0.310 e. The highest BCUT2D eigenvalue weighted by molar-refractivity contribution is 7.91. The summed E-state index contributed by atoms with van der Waals surface area (Å²) in [5, 5.41) is 0.917. The number of fused-ring (bicyclic) bond motifs is 2. The lowest BCUT2D eigenvalue weighted by Gasteiger charge is -2.26. The smallest absolute Gasteiger partial charge is 0.310 e. The Balaban J connectivity index is 1.36. The Hall–Kier alpha value is -2.35. The molecule has 0 bridgehead atoms. The number of likely N-dealkylation sites (N-methyl/N-ethyl adjacent to an activating group) is 1. The molecule has 1 saturated heterocycles. The van der Waals surface area contributed by atoms with Gasteiger partial charge in [-0.1, -0.05) is 0 Å². The second-order valence-electron chi connectivity index (χ2n) is 7.81. The fourth-order valence-electron chi connectivity index (χ4n) is 4.38. The molecular weight excluding hydrogens is 394 g/mol. The molecule has 2 aliphatic rings. The zero-order chi connectivity index (χ0) is 20.6. The lowest BCUT2D eigenvalue weighted by atomic mass is 10.0. The number of sulfone groups is 1. The van der Waals surface area contributed by atoms with Gasteiger partial charge in [0.05, 0.1) is 24.2 Å². The summed E-state index contributed by atoms with van der Waals surface area (Å²) in [4.78, 5) is 26.2. The molecule has 2 heterocycles. The normalized spacial score (nSPS) is 20.0. The Labute approximate surface area is 169 Å². The molecule has 0 unspecified atom stereocenters. The van der Waals surface area contributed by atoms with Gasteiger partial charge in [0.2, 0.25) is 0 Å². The summed E-state index contributed by atoms with van der Waals surface area (Å²) < 4.78 is 34.1. The van der Waals surface area contributed by atoms with Crippen LogP contribution in [0.25, 0.3) is 11.0 Å². The van der Waals surface area contributed by atoms with Crippen LogP contribution >= 0.6 is 0 Å². The van der Waals surface area contributed by atoms with Crippen molar-refractivity contribution in [2.75, 3.05) is 24.7 Å². The lowest BCUT2D eigenvalue weighted by molar-refractivity contribution is -0.152. The number of carbonyl (C=O) groups excluding carboxylic acids is 2. The van der Waals surface area contributed by atoms with Crippen LogP contribution in [-0.4, -0.2) is 55.9 Å². The highest BCUT2D eigenvalue weighted by Gasteiger charge is 2.34. The quantitative estimate of drug-likeness (QED) is 0.665. The summed E-state index contributed by atoms with van der Waals surface area (Å²) >= 11 is 0. The molecule has 0 saturated carbocycles. The number of carbonyl (C=O) groups is 2. The highest BCUT2D eigenvalue weighted by atomic mass is 32.2. The number of aryl methyl sites for hydroxylation is 2. The molecule has 1 amide bonds. The third-order valence-corrected chi connectivity index (χ3v) is 7.62. The molecular formula is C21H25NO6S. The molecule has 1 aromatic heterocycles. The predicted octanol–water partition coefficient (Wildman–Crippen LogP) is 2.04. The Bertz CT molecular complexity index is 1050. The summed E-state index contributed by atoms with van der Waals surface area (Å²) in [6, 6.07) is 3.80. The second kappa shape index (κ2) is 7.82. The summed E-state index contributed by atoms with van der Waals surface area (Å²) in [6.07, 6.45) is 5.27. The van der Waals surface area contributed by atoms with Crippen molar-refractivity contribution in [1.82, 2.24) is 4.90 Å². The summed E-state index contributed by atoms with van der Waals surface area (Å²) in [7, 11) is -3.09. The molecule has 8 heteroatoms. The summed E-state index contributed by atoms with van der Waals surface area (Å²) in [6.45, 7) is 1.79. The first kappa shape index (κ1) is 19.9. The molecule has 1 fully saturated rings. The molecule has 1 atom stereocenters. The van der Waals surface area contributed by atoms with Gasteiger partial charge >= 0.3 is 5.97 Å². The van der Waals surface area contributed by atoms with Gasteiger partial charge in [-0.2, -0.15) is 0 Å². The van der Waals surface area contributed by atoms with E-state index in [1.54, 1.807) is 13.2 Å². The number of benzene rings is 1. The number of furan rings is 1. The van der Waals surface area contributed by atoms with Crippen LogP contribution in [0.1, 0.15) is 36.5 Å². The van der Waals surface area contributed by atoms with E-state index in [4.69, 9.17) is 9.15 Å². The molecule has 0 spiro atoms. The second-order valence-corrected chi connectivity index (χ2v) is 10.0. The fraction of sp³-hybridized carbons (Fsp3) is 0.524. The third-order valence-electron chi connectivity index (χ3n) is 5.87. The van der Waals surface area contributed by atoms with Gasteiger partial charge in [0.15, 0.2) is 16.4 Å². The number of amides is 1. The first-order chi connectivity index (χ1) is 13.9. The van der Waals surface area contributed by atoms with Crippen molar-refractivity contribution >= 4 is 32.7 Å². The van der Waals surface area contributed by atoms with E-state index in [0.717, 1.165) is 35.8 Å². The van der Waals surface area contributed by atoms with E-state index in [2.05, 4.69) is 6.07 Å². The van der Waals surface area contributed by atoms with Crippen LogP contribution < -0.4 is 0 Å². The van der Waals surface area contributed by atoms with E-state index in [-0.39, 0.29) is 36.5 Å². The number of esters is 1. The van der Waals surface area contributed by atoms with Gasteiger partial charge in [-0.25, -0.2) is 8.42 Å². The topological polar surface area (TPSA) is 93.9 Å². The van der Waals surface area contributed by atoms with E-state index in [1.165, 1.54) is 16.0 Å². The minimum Gasteiger partial charge on any atom is -0.464 e. The standard InChI is InChI=1S/C21H25NO6S/c1-2-22(17-6-7-29(25,26)13-17)20(23)12-28-21(24)10-16-11-27-19-9-15-5-3-4-14(15)8-18(16)19/h8-9,11,17H,2-7,10,12-13H2,1H3/t17-/m0/s1. The zero-order valence-electron chi connectivity index (χ0n) is 16.5. The van der Waals surface area contributed by atoms with E-state index in [0.29, 0.717) is 13.0 Å². The first-order valence-corrected chi connectivity index (χ1v) is 11.9. The van der Waals surface area contributed by atoms with Crippen molar-refractivity contribution in [3.8, 4) is 0 Å². The molecule has 1 aliphatic heterocycles. The van der Waals surface area contributed by atoms with Crippen molar-refractivity contribution in [2.24, 2.45) is 0 Å². The van der Waals surface area contributed by atoms with Crippen molar-refractivity contribution < 1.29 is 27.2 Å². The minimum atomic E-state index is -3.09.